The van der Waals surface area contributed by atoms with Crippen LogP contribution < -0.4 is 10.4 Å². The highest BCUT2D eigenvalue weighted by atomic mass is 32.2. The lowest BCUT2D eigenvalue weighted by Gasteiger charge is -2.31. The molecule has 7 nitrogen and oxygen atoms in total. The van der Waals surface area contributed by atoms with E-state index in [0.29, 0.717) is 24.4 Å². The maximum atomic E-state index is 12.8. The molecule has 0 atom stereocenters. The number of aryl methyl sites for hydroxylation is 1. The van der Waals surface area contributed by atoms with Gasteiger partial charge in [0.15, 0.2) is 0 Å². The van der Waals surface area contributed by atoms with Crippen molar-refractivity contribution >= 4 is 10.0 Å². The smallest absolute Gasteiger partial charge is 0.339 e. The SMILES string of the molecule is Cc1cc(OC2CCN(S(=O)(=O)c3ccccc3C#N)CC2)cc(=O)o1. The van der Waals surface area contributed by atoms with Gasteiger partial charge in [0.25, 0.3) is 0 Å². The minimum atomic E-state index is -3.72. The zero-order valence-electron chi connectivity index (χ0n) is 14.2. The lowest BCUT2D eigenvalue weighted by atomic mass is 10.1. The van der Waals surface area contributed by atoms with Gasteiger partial charge in [-0.25, -0.2) is 13.2 Å². The van der Waals surface area contributed by atoms with Crippen molar-refractivity contribution in [2.75, 3.05) is 13.1 Å². The Balaban J connectivity index is 1.70. The second-order valence-electron chi connectivity index (χ2n) is 6.05. The first-order valence-electron chi connectivity index (χ1n) is 8.18. The molecule has 1 aliphatic rings. The van der Waals surface area contributed by atoms with Crippen LogP contribution in [-0.2, 0) is 10.0 Å². The third-order valence-electron chi connectivity index (χ3n) is 4.20. The molecule has 136 valence electrons. The molecule has 26 heavy (non-hydrogen) atoms. The largest absolute Gasteiger partial charge is 0.490 e. The molecule has 1 saturated heterocycles. The summed E-state index contributed by atoms with van der Waals surface area (Å²) in [6.45, 7) is 2.23. The van der Waals surface area contributed by atoms with Crippen molar-refractivity contribution < 1.29 is 17.6 Å². The molecule has 2 aromatic rings. The first-order chi connectivity index (χ1) is 12.4. The van der Waals surface area contributed by atoms with E-state index in [0.717, 1.165) is 0 Å². The van der Waals surface area contributed by atoms with Crippen LogP contribution in [0.2, 0.25) is 0 Å². The summed E-state index contributed by atoms with van der Waals surface area (Å²) >= 11 is 0. The fourth-order valence-electron chi connectivity index (χ4n) is 2.95. The molecule has 0 saturated carbocycles. The minimum Gasteiger partial charge on any atom is -0.490 e. The van der Waals surface area contributed by atoms with Gasteiger partial charge in [0.05, 0.1) is 16.5 Å². The highest BCUT2D eigenvalue weighted by Gasteiger charge is 2.31. The van der Waals surface area contributed by atoms with E-state index in [1.54, 1.807) is 25.1 Å². The molecule has 0 bridgehead atoms. The van der Waals surface area contributed by atoms with Crippen molar-refractivity contribution in [3.05, 3.63) is 58.1 Å². The number of rotatable bonds is 4. The van der Waals surface area contributed by atoms with Gasteiger partial charge >= 0.3 is 5.63 Å². The summed E-state index contributed by atoms with van der Waals surface area (Å²) in [6.07, 6.45) is 0.800. The second kappa shape index (κ2) is 7.32. The van der Waals surface area contributed by atoms with Gasteiger partial charge in [-0.1, -0.05) is 12.1 Å². The van der Waals surface area contributed by atoms with Crippen LogP contribution >= 0.6 is 0 Å². The van der Waals surface area contributed by atoms with Gasteiger partial charge < -0.3 is 9.15 Å². The number of sulfonamides is 1. The van der Waals surface area contributed by atoms with E-state index in [-0.39, 0.29) is 29.7 Å². The van der Waals surface area contributed by atoms with Crippen LogP contribution in [0.4, 0.5) is 0 Å². The van der Waals surface area contributed by atoms with Gasteiger partial charge in [-0.2, -0.15) is 9.57 Å². The topological polar surface area (TPSA) is 101 Å². The number of hydrogen-bond acceptors (Lipinski definition) is 6. The minimum absolute atomic E-state index is 0.0261. The number of ether oxygens (including phenoxy) is 1. The summed E-state index contributed by atoms with van der Waals surface area (Å²) in [5.74, 6) is 0.885. The molecule has 0 radical (unpaired) electrons. The van der Waals surface area contributed by atoms with E-state index < -0.39 is 15.6 Å². The Kier molecular flexibility index (Phi) is 5.11. The normalized spacial score (nSPS) is 16.2. The van der Waals surface area contributed by atoms with E-state index in [2.05, 4.69) is 0 Å². The van der Waals surface area contributed by atoms with Crippen LogP contribution in [-0.4, -0.2) is 31.9 Å². The molecule has 0 spiro atoms. The first-order valence-corrected chi connectivity index (χ1v) is 9.62. The molecule has 3 rings (SSSR count). The van der Waals surface area contributed by atoms with Crippen LogP contribution in [0, 0.1) is 18.3 Å². The molecule has 0 unspecified atom stereocenters. The van der Waals surface area contributed by atoms with Crippen molar-refractivity contribution in [3.8, 4) is 11.8 Å². The summed E-state index contributed by atoms with van der Waals surface area (Å²) < 4.78 is 37.7. The quantitative estimate of drug-likeness (QED) is 0.812. The first kappa shape index (κ1) is 18.2. The third-order valence-corrected chi connectivity index (χ3v) is 6.15. The molecule has 1 aromatic carbocycles. The van der Waals surface area contributed by atoms with Gasteiger partial charge in [-0.15, -0.1) is 0 Å². The fraction of sp³-hybridized carbons (Fsp3) is 0.333. The Morgan fingerprint density at radius 1 is 1.23 bits per heavy atom. The zero-order valence-corrected chi connectivity index (χ0v) is 15.0. The van der Waals surface area contributed by atoms with Crippen molar-refractivity contribution in [2.45, 2.75) is 30.8 Å². The third kappa shape index (κ3) is 3.79. The Bertz CT molecular complexity index is 999. The number of benzene rings is 1. The molecule has 1 aliphatic heterocycles. The number of nitrogens with zero attached hydrogens (tertiary/aromatic N) is 2. The van der Waals surface area contributed by atoms with Gasteiger partial charge in [0.1, 0.15) is 23.7 Å². The fourth-order valence-corrected chi connectivity index (χ4v) is 4.56. The number of hydrogen-bond donors (Lipinski definition) is 0. The summed E-state index contributed by atoms with van der Waals surface area (Å²) in [5.41, 5.74) is -0.342. The lowest BCUT2D eigenvalue weighted by Crippen LogP contribution is -2.42. The van der Waals surface area contributed by atoms with Gasteiger partial charge in [-0.3, -0.25) is 0 Å². The zero-order chi connectivity index (χ0) is 18.7. The predicted octanol–water partition coefficient (Wildman–Crippen LogP) is 2.05. The van der Waals surface area contributed by atoms with Crippen molar-refractivity contribution in [2.24, 2.45) is 0 Å². The standard InChI is InChI=1S/C18H18N2O5S/c1-13-10-16(11-18(21)24-13)25-15-6-8-20(9-7-15)26(22,23)17-5-3-2-4-14(17)12-19/h2-5,10-11,15H,6-9H2,1H3. The molecular formula is C18H18N2O5S. The Morgan fingerprint density at radius 2 is 1.92 bits per heavy atom. The van der Waals surface area contributed by atoms with Crippen LogP contribution in [0.1, 0.15) is 24.2 Å². The second-order valence-corrected chi connectivity index (χ2v) is 7.96. The molecule has 0 aliphatic carbocycles. The summed E-state index contributed by atoms with van der Waals surface area (Å²) in [5, 5.41) is 9.14. The maximum Gasteiger partial charge on any atom is 0.339 e. The average Bonchev–Trinajstić information content (AvgIpc) is 2.61. The lowest BCUT2D eigenvalue weighted by molar-refractivity contribution is 0.134. The summed E-state index contributed by atoms with van der Waals surface area (Å²) in [4.78, 5) is 11.4. The molecule has 0 amide bonds. The van der Waals surface area contributed by atoms with E-state index in [9.17, 15) is 13.2 Å². The van der Waals surface area contributed by atoms with E-state index in [1.807, 2.05) is 6.07 Å². The Hall–Kier alpha value is -2.63. The average molecular weight is 374 g/mol. The molecule has 0 N–H and O–H groups in total. The highest BCUT2D eigenvalue weighted by molar-refractivity contribution is 7.89. The Labute approximate surface area is 151 Å². The monoisotopic (exact) mass is 374 g/mol. The molecule has 8 heteroatoms. The molecule has 2 heterocycles. The summed E-state index contributed by atoms with van der Waals surface area (Å²) in [6, 6.07) is 11.0. The maximum absolute atomic E-state index is 12.8. The van der Waals surface area contributed by atoms with Gasteiger partial charge in [0, 0.05) is 19.2 Å². The van der Waals surface area contributed by atoms with E-state index in [4.69, 9.17) is 14.4 Å². The highest BCUT2D eigenvalue weighted by Crippen LogP contribution is 2.25. The Morgan fingerprint density at radius 3 is 2.58 bits per heavy atom. The molecule has 1 fully saturated rings. The number of nitriles is 1. The van der Waals surface area contributed by atoms with Gasteiger partial charge in [-0.05, 0) is 31.9 Å². The van der Waals surface area contributed by atoms with Crippen LogP contribution in [0.3, 0.4) is 0 Å². The van der Waals surface area contributed by atoms with E-state index >= 15 is 0 Å². The van der Waals surface area contributed by atoms with E-state index in [1.165, 1.54) is 22.5 Å². The summed E-state index contributed by atoms with van der Waals surface area (Å²) in [7, 11) is -3.72. The van der Waals surface area contributed by atoms with Crippen LogP contribution in [0.5, 0.6) is 5.75 Å². The predicted molar refractivity (Wildman–Crippen MR) is 93.3 cm³/mol. The van der Waals surface area contributed by atoms with Crippen LogP contribution in [0.15, 0.2) is 50.5 Å². The number of piperidine rings is 1. The molecule has 1 aromatic heterocycles. The van der Waals surface area contributed by atoms with Crippen molar-refractivity contribution in [1.29, 1.82) is 5.26 Å². The van der Waals surface area contributed by atoms with Gasteiger partial charge in [0.2, 0.25) is 10.0 Å². The van der Waals surface area contributed by atoms with Crippen LogP contribution in [0.25, 0.3) is 0 Å². The van der Waals surface area contributed by atoms with Crippen molar-refractivity contribution in [1.82, 2.24) is 4.31 Å². The molecular weight excluding hydrogens is 356 g/mol. The van der Waals surface area contributed by atoms with Crippen molar-refractivity contribution in [3.63, 3.8) is 0 Å².